The van der Waals surface area contributed by atoms with Gasteiger partial charge in [0.1, 0.15) is 11.9 Å². The lowest BCUT2D eigenvalue weighted by molar-refractivity contribution is 0.0897. The molecule has 1 N–H and O–H groups in total. The number of nitrogens with one attached hydrogen (secondary N) is 1. The van der Waals surface area contributed by atoms with E-state index in [-0.39, 0.29) is 6.10 Å². The highest BCUT2D eigenvalue weighted by Crippen LogP contribution is 2.28. The van der Waals surface area contributed by atoms with Crippen LogP contribution in [-0.2, 0) is 11.3 Å². The number of nitrogens with zero attached hydrogens (tertiary/aromatic N) is 3. The molecule has 102 valence electrons. The number of aryl methyl sites for hydroxylation is 2. The topological polar surface area (TPSA) is 86.2 Å². The van der Waals surface area contributed by atoms with E-state index in [1.54, 1.807) is 0 Å². The molecule has 0 amide bonds. The molecule has 2 aromatic heterocycles. The number of rotatable bonds is 4. The Balaban J connectivity index is 1.64. The molecule has 1 fully saturated rings. The Morgan fingerprint density at radius 2 is 2.21 bits per heavy atom. The predicted octanol–water partition coefficient (Wildman–Crippen LogP) is 2.14. The third-order valence-electron chi connectivity index (χ3n) is 3.24. The molecule has 7 heteroatoms. The maximum atomic E-state index is 5.54. The van der Waals surface area contributed by atoms with Crippen molar-refractivity contribution in [3.63, 3.8) is 0 Å². The molecule has 0 bridgehead atoms. The van der Waals surface area contributed by atoms with Crippen molar-refractivity contribution in [3.8, 4) is 0 Å². The standard InChI is InChI=1S/C12H16N4O3/c1-7-9(8(2)19-16-7)6-13-12-15-14-11(18-12)10-4-3-5-17-10/h10H,3-6H2,1-2H3,(H,13,15). The normalized spacial score (nSPS) is 18.9. The van der Waals surface area contributed by atoms with Crippen LogP contribution in [0, 0.1) is 13.8 Å². The van der Waals surface area contributed by atoms with E-state index >= 15 is 0 Å². The van der Waals surface area contributed by atoms with Crippen molar-refractivity contribution in [2.45, 2.75) is 39.3 Å². The quantitative estimate of drug-likeness (QED) is 0.905. The Bertz CT molecular complexity index is 538. The van der Waals surface area contributed by atoms with Crippen LogP contribution in [0.5, 0.6) is 0 Å². The van der Waals surface area contributed by atoms with Gasteiger partial charge in [0.15, 0.2) is 0 Å². The van der Waals surface area contributed by atoms with Crippen LogP contribution in [0.1, 0.15) is 41.9 Å². The molecule has 3 heterocycles. The lowest BCUT2D eigenvalue weighted by Crippen LogP contribution is -2.01. The number of hydrogen-bond acceptors (Lipinski definition) is 7. The zero-order valence-electron chi connectivity index (χ0n) is 11.0. The average Bonchev–Trinajstić information content (AvgIpc) is 3.10. The van der Waals surface area contributed by atoms with E-state index in [9.17, 15) is 0 Å². The molecular formula is C12H16N4O3. The fourth-order valence-electron chi connectivity index (χ4n) is 2.13. The lowest BCUT2D eigenvalue weighted by Gasteiger charge is -2.02. The van der Waals surface area contributed by atoms with E-state index in [1.807, 2.05) is 13.8 Å². The fraction of sp³-hybridized carbons (Fsp3) is 0.583. The number of ether oxygens (including phenoxy) is 1. The highest BCUT2D eigenvalue weighted by Gasteiger charge is 2.23. The zero-order valence-corrected chi connectivity index (χ0v) is 11.0. The second-order valence-corrected chi connectivity index (χ2v) is 4.60. The summed E-state index contributed by atoms with van der Waals surface area (Å²) in [6.45, 7) is 5.09. The molecule has 19 heavy (non-hydrogen) atoms. The summed E-state index contributed by atoms with van der Waals surface area (Å²) in [5.41, 5.74) is 1.88. The van der Waals surface area contributed by atoms with Crippen LogP contribution in [0.2, 0.25) is 0 Å². The number of aromatic nitrogens is 3. The van der Waals surface area contributed by atoms with Crippen LogP contribution in [0.15, 0.2) is 8.94 Å². The molecule has 1 atom stereocenters. The van der Waals surface area contributed by atoms with E-state index in [0.717, 1.165) is 36.5 Å². The third kappa shape index (κ3) is 2.46. The van der Waals surface area contributed by atoms with Gasteiger partial charge >= 0.3 is 6.01 Å². The first kappa shape index (κ1) is 12.2. The third-order valence-corrected chi connectivity index (χ3v) is 3.24. The van der Waals surface area contributed by atoms with Crippen molar-refractivity contribution in [3.05, 3.63) is 22.9 Å². The summed E-state index contributed by atoms with van der Waals surface area (Å²) in [5, 5.41) is 14.9. The molecule has 0 aromatic carbocycles. The van der Waals surface area contributed by atoms with Crippen molar-refractivity contribution < 1.29 is 13.7 Å². The number of hydrogen-bond donors (Lipinski definition) is 1. The molecule has 3 rings (SSSR count). The van der Waals surface area contributed by atoms with Crippen molar-refractivity contribution in [2.24, 2.45) is 0 Å². The van der Waals surface area contributed by atoms with E-state index in [0.29, 0.717) is 18.5 Å². The predicted molar refractivity (Wildman–Crippen MR) is 65.5 cm³/mol. The Morgan fingerprint density at radius 1 is 1.32 bits per heavy atom. The summed E-state index contributed by atoms with van der Waals surface area (Å²) in [6.07, 6.45) is 1.92. The second kappa shape index (κ2) is 5.00. The van der Waals surface area contributed by atoms with E-state index in [1.165, 1.54) is 0 Å². The minimum absolute atomic E-state index is 0.0536. The number of anilines is 1. The van der Waals surface area contributed by atoms with Crippen LogP contribution in [0.4, 0.5) is 6.01 Å². The van der Waals surface area contributed by atoms with Gasteiger partial charge in [0.2, 0.25) is 5.89 Å². The molecule has 1 aliphatic rings. The molecule has 0 saturated carbocycles. The van der Waals surface area contributed by atoms with Gasteiger partial charge in [-0.15, -0.1) is 5.10 Å². The summed E-state index contributed by atoms with van der Waals surface area (Å²) in [7, 11) is 0. The Morgan fingerprint density at radius 3 is 2.89 bits per heavy atom. The molecule has 1 aliphatic heterocycles. The Labute approximate surface area is 110 Å². The smallest absolute Gasteiger partial charge is 0.315 e. The highest BCUT2D eigenvalue weighted by molar-refractivity contribution is 5.27. The van der Waals surface area contributed by atoms with Gasteiger partial charge in [-0.05, 0) is 26.7 Å². The van der Waals surface area contributed by atoms with Gasteiger partial charge in [0.05, 0.1) is 5.69 Å². The van der Waals surface area contributed by atoms with Crippen LogP contribution in [-0.4, -0.2) is 22.0 Å². The van der Waals surface area contributed by atoms with Gasteiger partial charge in [0, 0.05) is 18.7 Å². The minimum Gasteiger partial charge on any atom is -0.405 e. The minimum atomic E-state index is -0.0536. The zero-order chi connectivity index (χ0) is 13.2. The van der Waals surface area contributed by atoms with Gasteiger partial charge < -0.3 is 19.0 Å². The first-order chi connectivity index (χ1) is 9.24. The van der Waals surface area contributed by atoms with Gasteiger partial charge in [0.25, 0.3) is 0 Å². The van der Waals surface area contributed by atoms with Crippen LogP contribution in [0.3, 0.4) is 0 Å². The molecule has 2 aromatic rings. The maximum absolute atomic E-state index is 5.54. The molecule has 1 unspecified atom stereocenters. The molecule has 0 aliphatic carbocycles. The maximum Gasteiger partial charge on any atom is 0.315 e. The van der Waals surface area contributed by atoms with E-state index < -0.39 is 0 Å². The summed E-state index contributed by atoms with van der Waals surface area (Å²) in [6, 6.07) is 0.394. The fourth-order valence-corrected chi connectivity index (χ4v) is 2.13. The van der Waals surface area contributed by atoms with E-state index in [4.69, 9.17) is 13.7 Å². The average molecular weight is 264 g/mol. The van der Waals surface area contributed by atoms with Gasteiger partial charge in [-0.1, -0.05) is 10.3 Å². The van der Waals surface area contributed by atoms with E-state index in [2.05, 4.69) is 20.7 Å². The first-order valence-electron chi connectivity index (χ1n) is 6.34. The second-order valence-electron chi connectivity index (χ2n) is 4.60. The monoisotopic (exact) mass is 264 g/mol. The highest BCUT2D eigenvalue weighted by atomic mass is 16.5. The van der Waals surface area contributed by atoms with Crippen molar-refractivity contribution >= 4 is 6.01 Å². The van der Waals surface area contributed by atoms with Gasteiger partial charge in [-0.25, -0.2) is 0 Å². The molecule has 0 spiro atoms. The summed E-state index contributed by atoms with van der Waals surface area (Å²) in [5.74, 6) is 1.34. The molecule has 1 saturated heterocycles. The SMILES string of the molecule is Cc1noc(C)c1CNc1nnc(C2CCCO2)o1. The van der Waals surface area contributed by atoms with Crippen LogP contribution < -0.4 is 5.32 Å². The molecule has 0 radical (unpaired) electrons. The summed E-state index contributed by atoms with van der Waals surface area (Å²) < 4.78 is 16.1. The van der Waals surface area contributed by atoms with Crippen molar-refractivity contribution in [1.82, 2.24) is 15.4 Å². The Hall–Kier alpha value is -1.89. The lowest BCUT2D eigenvalue weighted by atomic mass is 10.2. The summed E-state index contributed by atoms with van der Waals surface area (Å²) >= 11 is 0. The van der Waals surface area contributed by atoms with Gasteiger partial charge in [-0.3, -0.25) is 0 Å². The van der Waals surface area contributed by atoms with Crippen LogP contribution in [0.25, 0.3) is 0 Å². The largest absolute Gasteiger partial charge is 0.405 e. The molecular weight excluding hydrogens is 248 g/mol. The molecule has 7 nitrogen and oxygen atoms in total. The van der Waals surface area contributed by atoms with Crippen molar-refractivity contribution in [1.29, 1.82) is 0 Å². The van der Waals surface area contributed by atoms with Gasteiger partial charge in [-0.2, -0.15) is 0 Å². The summed E-state index contributed by atoms with van der Waals surface area (Å²) in [4.78, 5) is 0. The van der Waals surface area contributed by atoms with Crippen molar-refractivity contribution in [2.75, 3.05) is 11.9 Å². The first-order valence-corrected chi connectivity index (χ1v) is 6.34. The Kier molecular flexibility index (Phi) is 3.20. The van der Waals surface area contributed by atoms with Crippen LogP contribution >= 0.6 is 0 Å².